The van der Waals surface area contributed by atoms with E-state index in [4.69, 9.17) is 16.6 Å². The third-order valence-electron chi connectivity index (χ3n) is 4.40. The molecule has 0 spiro atoms. The van der Waals surface area contributed by atoms with Crippen molar-refractivity contribution in [1.29, 1.82) is 0 Å². The number of nitrogens with one attached hydrogen (secondary N) is 1. The molecule has 19 heavy (non-hydrogen) atoms. The summed E-state index contributed by atoms with van der Waals surface area (Å²) in [6, 6.07) is 4.00. The highest BCUT2D eigenvalue weighted by atomic mass is 35.5. The van der Waals surface area contributed by atoms with E-state index in [2.05, 4.69) is 24.1 Å². The number of piperidine rings is 1. The smallest absolute Gasteiger partial charge is 0.128 e. The van der Waals surface area contributed by atoms with Crippen molar-refractivity contribution >= 4 is 17.4 Å². The van der Waals surface area contributed by atoms with Gasteiger partial charge in [-0.2, -0.15) is 0 Å². The molecule has 3 nitrogen and oxygen atoms in total. The summed E-state index contributed by atoms with van der Waals surface area (Å²) in [6.07, 6.45) is 3.75. The fraction of sp³-hybridized carbons (Fsp3) is 0.667. The first-order valence-electron chi connectivity index (χ1n) is 7.13. The third-order valence-corrected chi connectivity index (χ3v) is 4.74. The van der Waals surface area contributed by atoms with E-state index in [-0.39, 0.29) is 0 Å². The van der Waals surface area contributed by atoms with E-state index in [9.17, 15) is 0 Å². The molecule has 0 amide bonds. The standard InChI is InChI=1S/C15H24ClN3/c1-4-15(2)7-9-19(10-8-15)14-6-5-12(16)13(18-14)11-17-3/h5-6,17H,4,7-11H2,1-3H3. The van der Waals surface area contributed by atoms with Crippen LogP contribution in [0.3, 0.4) is 0 Å². The SMILES string of the molecule is CCC1(C)CCN(c2ccc(Cl)c(CNC)n2)CC1. The van der Waals surface area contributed by atoms with Crippen LogP contribution in [0.15, 0.2) is 12.1 Å². The molecule has 1 N–H and O–H groups in total. The Morgan fingerprint density at radius 3 is 2.63 bits per heavy atom. The largest absolute Gasteiger partial charge is 0.357 e. The summed E-state index contributed by atoms with van der Waals surface area (Å²) in [4.78, 5) is 7.07. The normalized spacial score (nSPS) is 18.6. The van der Waals surface area contributed by atoms with Crippen LogP contribution in [-0.4, -0.2) is 25.1 Å². The van der Waals surface area contributed by atoms with Gasteiger partial charge in [-0.25, -0.2) is 4.98 Å². The second-order valence-corrected chi connectivity index (χ2v) is 6.19. The van der Waals surface area contributed by atoms with Crippen molar-refractivity contribution in [2.45, 2.75) is 39.7 Å². The number of aromatic nitrogens is 1. The second-order valence-electron chi connectivity index (χ2n) is 5.78. The highest BCUT2D eigenvalue weighted by Crippen LogP contribution is 2.35. The van der Waals surface area contributed by atoms with E-state index in [1.807, 2.05) is 19.2 Å². The zero-order valence-corrected chi connectivity index (χ0v) is 12.9. The molecular formula is C15H24ClN3. The summed E-state index contributed by atoms with van der Waals surface area (Å²) in [5.74, 6) is 1.06. The van der Waals surface area contributed by atoms with Gasteiger partial charge in [0.1, 0.15) is 5.82 Å². The number of hydrogen-bond acceptors (Lipinski definition) is 3. The molecule has 1 aliphatic rings. The van der Waals surface area contributed by atoms with Crippen LogP contribution in [0.4, 0.5) is 5.82 Å². The molecule has 2 rings (SSSR count). The predicted molar refractivity (Wildman–Crippen MR) is 81.9 cm³/mol. The fourth-order valence-electron chi connectivity index (χ4n) is 2.57. The minimum absolute atomic E-state index is 0.511. The van der Waals surface area contributed by atoms with Crippen molar-refractivity contribution in [2.24, 2.45) is 5.41 Å². The van der Waals surface area contributed by atoms with Gasteiger partial charge in [-0.1, -0.05) is 31.9 Å². The first-order chi connectivity index (χ1) is 9.08. The number of anilines is 1. The molecule has 1 aromatic heterocycles. The first-order valence-corrected chi connectivity index (χ1v) is 7.51. The summed E-state index contributed by atoms with van der Waals surface area (Å²) in [6.45, 7) is 7.59. The zero-order chi connectivity index (χ0) is 13.9. The predicted octanol–water partition coefficient (Wildman–Crippen LogP) is 3.47. The molecule has 1 aliphatic heterocycles. The van der Waals surface area contributed by atoms with Crippen molar-refractivity contribution in [3.8, 4) is 0 Å². The van der Waals surface area contributed by atoms with Gasteiger partial charge >= 0.3 is 0 Å². The third kappa shape index (κ3) is 3.40. The summed E-state index contributed by atoms with van der Waals surface area (Å²) < 4.78 is 0. The topological polar surface area (TPSA) is 28.2 Å². The van der Waals surface area contributed by atoms with Crippen LogP contribution in [0.1, 0.15) is 38.8 Å². The van der Waals surface area contributed by atoms with Crippen LogP contribution >= 0.6 is 11.6 Å². The van der Waals surface area contributed by atoms with Crippen LogP contribution in [0.25, 0.3) is 0 Å². The average molecular weight is 282 g/mol. The monoisotopic (exact) mass is 281 g/mol. The van der Waals surface area contributed by atoms with Crippen molar-refractivity contribution < 1.29 is 0 Å². The summed E-state index contributed by atoms with van der Waals surface area (Å²) in [5, 5.41) is 3.86. The Morgan fingerprint density at radius 2 is 2.05 bits per heavy atom. The highest BCUT2D eigenvalue weighted by molar-refractivity contribution is 6.31. The number of hydrogen-bond donors (Lipinski definition) is 1. The molecule has 4 heteroatoms. The van der Waals surface area contributed by atoms with E-state index >= 15 is 0 Å². The van der Waals surface area contributed by atoms with Crippen molar-refractivity contribution in [2.75, 3.05) is 25.0 Å². The van der Waals surface area contributed by atoms with E-state index < -0.39 is 0 Å². The van der Waals surface area contributed by atoms with Crippen molar-refractivity contribution in [3.63, 3.8) is 0 Å². The molecule has 2 heterocycles. The molecule has 0 aliphatic carbocycles. The quantitative estimate of drug-likeness (QED) is 0.916. The summed E-state index contributed by atoms with van der Waals surface area (Å²) in [7, 11) is 1.91. The van der Waals surface area contributed by atoms with Gasteiger partial charge in [0, 0.05) is 19.6 Å². The number of rotatable bonds is 4. The maximum absolute atomic E-state index is 6.16. The molecule has 1 saturated heterocycles. The molecule has 106 valence electrons. The molecule has 0 radical (unpaired) electrons. The van der Waals surface area contributed by atoms with Crippen LogP contribution in [0, 0.1) is 5.41 Å². The molecule has 0 atom stereocenters. The van der Waals surface area contributed by atoms with E-state index in [0.29, 0.717) is 12.0 Å². The number of nitrogens with zero attached hydrogens (tertiary/aromatic N) is 2. The van der Waals surface area contributed by atoms with Crippen molar-refractivity contribution in [1.82, 2.24) is 10.3 Å². The van der Waals surface area contributed by atoms with Crippen LogP contribution in [-0.2, 0) is 6.54 Å². The maximum Gasteiger partial charge on any atom is 0.128 e. The van der Waals surface area contributed by atoms with Crippen molar-refractivity contribution in [3.05, 3.63) is 22.8 Å². The molecule has 1 fully saturated rings. The Kier molecular flexibility index (Phi) is 4.69. The number of halogens is 1. The number of pyridine rings is 1. The minimum Gasteiger partial charge on any atom is -0.357 e. The molecule has 0 aromatic carbocycles. The highest BCUT2D eigenvalue weighted by Gasteiger charge is 2.28. The van der Waals surface area contributed by atoms with E-state index in [1.54, 1.807) is 0 Å². The molecule has 0 unspecified atom stereocenters. The van der Waals surface area contributed by atoms with Gasteiger partial charge in [0.15, 0.2) is 0 Å². The Labute approximate surface area is 121 Å². The van der Waals surface area contributed by atoms with Gasteiger partial charge in [-0.3, -0.25) is 0 Å². The Hall–Kier alpha value is -0.800. The molecule has 1 aromatic rings. The van der Waals surface area contributed by atoms with E-state index in [1.165, 1.54) is 19.3 Å². The van der Waals surface area contributed by atoms with E-state index in [0.717, 1.165) is 29.6 Å². The first kappa shape index (κ1) is 14.6. The van der Waals surface area contributed by atoms with Crippen LogP contribution < -0.4 is 10.2 Å². The zero-order valence-electron chi connectivity index (χ0n) is 12.2. The van der Waals surface area contributed by atoms with Gasteiger partial charge in [-0.15, -0.1) is 0 Å². The van der Waals surface area contributed by atoms with Gasteiger partial charge < -0.3 is 10.2 Å². The average Bonchev–Trinajstić information content (AvgIpc) is 2.43. The Morgan fingerprint density at radius 1 is 1.37 bits per heavy atom. The van der Waals surface area contributed by atoms with Crippen LogP contribution in [0.5, 0.6) is 0 Å². The lowest BCUT2D eigenvalue weighted by Crippen LogP contribution is -2.39. The lowest BCUT2D eigenvalue weighted by Gasteiger charge is -2.39. The molecule has 0 saturated carbocycles. The lowest BCUT2D eigenvalue weighted by molar-refractivity contribution is 0.238. The fourth-order valence-corrected chi connectivity index (χ4v) is 2.74. The Balaban J connectivity index is 2.09. The maximum atomic E-state index is 6.16. The minimum atomic E-state index is 0.511. The summed E-state index contributed by atoms with van der Waals surface area (Å²) in [5.41, 5.74) is 1.45. The van der Waals surface area contributed by atoms with Crippen LogP contribution in [0.2, 0.25) is 5.02 Å². The second kappa shape index (κ2) is 6.10. The summed E-state index contributed by atoms with van der Waals surface area (Å²) >= 11 is 6.16. The van der Waals surface area contributed by atoms with Gasteiger partial charge in [0.25, 0.3) is 0 Å². The van der Waals surface area contributed by atoms with Gasteiger partial charge in [0.2, 0.25) is 0 Å². The molecule has 0 bridgehead atoms. The molecular weight excluding hydrogens is 258 g/mol. The van der Waals surface area contributed by atoms with Gasteiger partial charge in [0.05, 0.1) is 10.7 Å². The lowest BCUT2D eigenvalue weighted by atomic mass is 9.78. The van der Waals surface area contributed by atoms with Gasteiger partial charge in [-0.05, 0) is 37.4 Å². The Bertz CT molecular complexity index is 425.